The van der Waals surface area contributed by atoms with E-state index in [1.54, 1.807) is 0 Å². The van der Waals surface area contributed by atoms with E-state index in [0.717, 1.165) is 6.54 Å². The van der Waals surface area contributed by atoms with Crippen LogP contribution in [0.2, 0.25) is 0 Å². The Morgan fingerprint density at radius 1 is 1.06 bits per heavy atom. The van der Waals surface area contributed by atoms with Gasteiger partial charge in [-0.2, -0.15) is 0 Å². The summed E-state index contributed by atoms with van der Waals surface area (Å²) < 4.78 is 0. The number of aliphatic hydroxyl groups is 1. The van der Waals surface area contributed by atoms with Crippen molar-refractivity contribution in [2.45, 2.75) is 20.0 Å². The molecule has 0 heterocycles. The predicted octanol–water partition coefficient (Wildman–Crippen LogP) is 1.38. The molecular weight excluding hydrogens is 206 g/mol. The second-order valence-electron chi connectivity index (χ2n) is 4.35. The maximum Gasteiger partial charge on any atom is 0.119 e. The number of phenols is 2. The molecule has 4 nitrogen and oxygen atoms in total. The number of hydrogen-bond donors (Lipinski definition) is 4. The van der Waals surface area contributed by atoms with Crippen LogP contribution in [0.1, 0.15) is 25.5 Å². The van der Waals surface area contributed by atoms with E-state index in [9.17, 15) is 15.3 Å². The van der Waals surface area contributed by atoms with Gasteiger partial charge in [0.1, 0.15) is 11.5 Å². The number of phenolic OH excluding ortho intramolecular Hbond substituents is 2. The molecule has 0 fully saturated rings. The van der Waals surface area contributed by atoms with Gasteiger partial charge in [-0.25, -0.2) is 0 Å². The molecule has 0 aliphatic carbocycles. The van der Waals surface area contributed by atoms with Crippen molar-refractivity contribution < 1.29 is 15.3 Å². The molecule has 0 saturated heterocycles. The summed E-state index contributed by atoms with van der Waals surface area (Å²) in [5.41, 5.74) is 0.508. The zero-order valence-corrected chi connectivity index (χ0v) is 9.64. The summed E-state index contributed by atoms with van der Waals surface area (Å²) in [4.78, 5) is 0. The van der Waals surface area contributed by atoms with E-state index in [-0.39, 0.29) is 11.5 Å². The van der Waals surface area contributed by atoms with Crippen LogP contribution in [0, 0.1) is 5.92 Å². The van der Waals surface area contributed by atoms with Gasteiger partial charge in [-0.15, -0.1) is 0 Å². The third-order valence-electron chi connectivity index (χ3n) is 2.20. The third kappa shape index (κ3) is 4.08. The molecule has 1 atom stereocenters. The van der Waals surface area contributed by atoms with Crippen molar-refractivity contribution in [2.75, 3.05) is 13.1 Å². The monoisotopic (exact) mass is 225 g/mol. The van der Waals surface area contributed by atoms with E-state index in [0.29, 0.717) is 18.0 Å². The number of nitrogens with one attached hydrogen (secondary N) is 1. The molecule has 90 valence electrons. The molecule has 4 heteroatoms. The second kappa shape index (κ2) is 5.72. The summed E-state index contributed by atoms with van der Waals surface area (Å²) in [6.45, 7) is 5.39. The summed E-state index contributed by atoms with van der Waals surface area (Å²) in [7, 11) is 0. The highest BCUT2D eigenvalue weighted by molar-refractivity contribution is 5.37. The molecule has 0 aliphatic heterocycles. The lowest BCUT2D eigenvalue weighted by molar-refractivity contribution is 0.172. The van der Waals surface area contributed by atoms with Crippen LogP contribution in [0.4, 0.5) is 0 Å². The number of rotatable bonds is 5. The van der Waals surface area contributed by atoms with Crippen molar-refractivity contribution in [3.05, 3.63) is 23.8 Å². The fourth-order valence-corrected chi connectivity index (χ4v) is 1.44. The van der Waals surface area contributed by atoms with Crippen LogP contribution in [0.25, 0.3) is 0 Å². The lowest BCUT2D eigenvalue weighted by atomic mass is 10.1. The molecule has 0 spiro atoms. The normalized spacial score (nSPS) is 13.0. The minimum atomic E-state index is -0.725. The minimum Gasteiger partial charge on any atom is -0.508 e. The summed E-state index contributed by atoms with van der Waals surface area (Å²) in [5.74, 6) is 0.431. The van der Waals surface area contributed by atoms with Crippen LogP contribution in [-0.2, 0) is 0 Å². The Bertz CT molecular complexity index is 319. The zero-order chi connectivity index (χ0) is 12.1. The van der Waals surface area contributed by atoms with Gasteiger partial charge in [-0.05, 0) is 30.2 Å². The van der Waals surface area contributed by atoms with Crippen molar-refractivity contribution >= 4 is 0 Å². The Kier molecular flexibility index (Phi) is 4.58. The van der Waals surface area contributed by atoms with Crippen molar-refractivity contribution in [1.82, 2.24) is 5.32 Å². The maximum absolute atomic E-state index is 9.80. The summed E-state index contributed by atoms with van der Waals surface area (Å²) >= 11 is 0. The van der Waals surface area contributed by atoms with Gasteiger partial charge in [-0.3, -0.25) is 0 Å². The molecule has 16 heavy (non-hydrogen) atoms. The molecule has 1 aromatic rings. The molecule has 0 bridgehead atoms. The smallest absolute Gasteiger partial charge is 0.119 e. The average molecular weight is 225 g/mol. The van der Waals surface area contributed by atoms with Crippen molar-refractivity contribution in [2.24, 2.45) is 5.92 Å². The van der Waals surface area contributed by atoms with Crippen LogP contribution in [0.15, 0.2) is 18.2 Å². The molecular formula is C12H19NO3. The highest BCUT2D eigenvalue weighted by Gasteiger charge is 2.09. The van der Waals surface area contributed by atoms with Crippen LogP contribution >= 0.6 is 0 Å². The average Bonchev–Trinajstić information content (AvgIpc) is 2.15. The molecule has 0 radical (unpaired) electrons. The van der Waals surface area contributed by atoms with Crippen LogP contribution in [0.5, 0.6) is 11.5 Å². The van der Waals surface area contributed by atoms with E-state index in [2.05, 4.69) is 19.2 Å². The zero-order valence-electron chi connectivity index (χ0n) is 9.64. The second-order valence-corrected chi connectivity index (χ2v) is 4.35. The summed E-state index contributed by atoms with van der Waals surface area (Å²) in [6.07, 6.45) is -0.725. The Morgan fingerprint density at radius 2 is 1.62 bits per heavy atom. The Labute approximate surface area is 95.6 Å². The molecule has 1 aromatic carbocycles. The van der Waals surface area contributed by atoms with Gasteiger partial charge in [0.25, 0.3) is 0 Å². The molecule has 4 N–H and O–H groups in total. The first-order valence-electron chi connectivity index (χ1n) is 5.40. The Balaban J connectivity index is 2.55. The maximum atomic E-state index is 9.80. The lowest BCUT2D eigenvalue weighted by Gasteiger charge is -2.14. The Morgan fingerprint density at radius 3 is 2.12 bits per heavy atom. The number of aromatic hydroxyl groups is 2. The SMILES string of the molecule is CC(C)CNC[C@H](O)c1cc(O)cc(O)c1. The van der Waals surface area contributed by atoms with Gasteiger partial charge >= 0.3 is 0 Å². The Hall–Kier alpha value is -1.26. The first-order chi connectivity index (χ1) is 7.49. The fourth-order valence-electron chi connectivity index (χ4n) is 1.44. The first-order valence-corrected chi connectivity index (χ1v) is 5.40. The van der Waals surface area contributed by atoms with Crippen molar-refractivity contribution in [3.63, 3.8) is 0 Å². The molecule has 0 aromatic heterocycles. The highest BCUT2D eigenvalue weighted by Crippen LogP contribution is 2.24. The van der Waals surface area contributed by atoms with E-state index in [4.69, 9.17) is 0 Å². The van der Waals surface area contributed by atoms with Gasteiger partial charge in [0.05, 0.1) is 6.10 Å². The summed E-state index contributed by atoms with van der Waals surface area (Å²) in [5, 5.41) is 31.4. The fraction of sp³-hybridized carbons (Fsp3) is 0.500. The first kappa shape index (κ1) is 12.8. The third-order valence-corrected chi connectivity index (χ3v) is 2.20. The van der Waals surface area contributed by atoms with Crippen LogP contribution in [0.3, 0.4) is 0 Å². The van der Waals surface area contributed by atoms with Crippen LogP contribution in [-0.4, -0.2) is 28.4 Å². The number of hydrogen-bond acceptors (Lipinski definition) is 4. The van der Waals surface area contributed by atoms with Gasteiger partial charge in [0.2, 0.25) is 0 Å². The van der Waals surface area contributed by atoms with E-state index < -0.39 is 6.10 Å². The quantitative estimate of drug-likeness (QED) is 0.611. The lowest BCUT2D eigenvalue weighted by Crippen LogP contribution is -2.25. The highest BCUT2D eigenvalue weighted by atomic mass is 16.3. The largest absolute Gasteiger partial charge is 0.508 e. The molecule has 0 amide bonds. The minimum absolute atomic E-state index is 0.0436. The molecule has 0 aliphatic rings. The standard InChI is InChI=1S/C12H19NO3/c1-8(2)6-13-7-12(16)9-3-10(14)5-11(15)4-9/h3-5,8,12-16H,6-7H2,1-2H3/t12-/m0/s1. The number of aliphatic hydroxyl groups excluding tert-OH is 1. The van der Waals surface area contributed by atoms with E-state index >= 15 is 0 Å². The topological polar surface area (TPSA) is 72.7 Å². The van der Waals surface area contributed by atoms with E-state index in [1.165, 1.54) is 18.2 Å². The van der Waals surface area contributed by atoms with E-state index in [1.807, 2.05) is 0 Å². The summed E-state index contributed by atoms with van der Waals surface area (Å²) in [6, 6.07) is 4.13. The predicted molar refractivity (Wildman–Crippen MR) is 62.4 cm³/mol. The van der Waals surface area contributed by atoms with Gasteiger partial charge in [0.15, 0.2) is 0 Å². The van der Waals surface area contributed by atoms with Crippen LogP contribution < -0.4 is 5.32 Å². The molecule has 0 unspecified atom stereocenters. The van der Waals surface area contributed by atoms with Gasteiger partial charge < -0.3 is 20.6 Å². The van der Waals surface area contributed by atoms with Crippen molar-refractivity contribution in [3.8, 4) is 11.5 Å². The van der Waals surface area contributed by atoms with Crippen molar-refractivity contribution in [1.29, 1.82) is 0 Å². The van der Waals surface area contributed by atoms with Gasteiger partial charge in [-0.1, -0.05) is 13.8 Å². The number of benzene rings is 1. The molecule has 1 rings (SSSR count). The van der Waals surface area contributed by atoms with Gasteiger partial charge in [0, 0.05) is 12.6 Å². The molecule has 0 saturated carbocycles.